The van der Waals surface area contributed by atoms with E-state index in [4.69, 9.17) is 33.2 Å². The zero-order valence-electron chi connectivity index (χ0n) is 27.5. The van der Waals surface area contributed by atoms with E-state index in [9.17, 15) is 61.0 Å². The van der Waals surface area contributed by atoms with Gasteiger partial charge in [0.25, 0.3) is 0 Å². The number of carbonyl (C=O) groups is 1. The maximum Gasteiger partial charge on any atom is 0.229 e. The van der Waals surface area contributed by atoms with E-state index in [-0.39, 0.29) is 29.2 Å². The van der Waals surface area contributed by atoms with Gasteiger partial charge < -0.3 is 89.3 Å². The Bertz CT molecular complexity index is 1540. The first kappa shape index (κ1) is 38.5. The van der Waals surface area contributed by atoms with Crippen molar-refractivity contribution in [3.8, 4) is 23.0 Å². The van der Waals surface area contributed by atoms with E-state index in [2.05, 4.69) is 0 Å². The lowest BCUT2D eigenvalue weighted by molar-refractivity contribution is -0.383. The summed E-state index contributed by atoms with van der Waals surface area (Å²) >= 11 is 0. The number of hydrogen-bond acceptors (Lipinski definition) is 19. The van der Waals surface area contributed by atoms with E-state index in [1.165, 1.54) is 25.1 Å². The smallest absolute Gasteiger partial charge is 0.229 e. The van der Waals surface area contributed by atoms with E-state index in [0.29, 0.717) is 5.56 Å². The Kier molecular flexibility index (Phi) is 11.6. The summed E-state index contributed by atoms with van der Waals surface area (Å²) in [4.78, 5) is 13.1. The predicted molar refractivity (Wildman–Crippen MR) is 167 cm³/mol. The highest BCUT2D eigenvalue weighted by Crippen LogP contribution is 2.43. The fourth-order valence-corrected chi connectivity index (χ4v) is 6.54. The molecule has 19 heteroatoms. The fraction of sp³-hybridized carbons (Fsp3) is 0.606. The monoisotopic (exact) mass is 742 g/mol. The molecule has 4 heterocycles. The molecule has 3 saturated heterocycles. The second-order valence-electron chi connectivity index (χ2n) is 13.1. The molecule has 0 aromatic heterocycles. The molecule has 0 amide bonds. The summed E-state index contributed by atoms with van der Waals surface area (Å²) in [7, 11) is 0. The van der Waals surface area contributed by atoms with Crippen LogP contribution in [0.15, 0.2) is 36.4 Å². The second kappa shape index (κ2) is 15.6. The standard InChI is InChI=1S/C33H42O19/c1-11-22(39)25(42)27(44)31(46-11)52-30-29(51-32-28(45)26(43)23(40)19(9-34)49-32)24(41)20(10-35)50-33(30)47-14-6-15(37)21-16(38)8-17(48-18(21)7-14)12-2-4-13(36)5-3-12/h2-7,11,17,19-20,22-37,39-45H,8-10H2,1H3/t11-,17-,19+,20+,22-,23+,24+,25+,26-,27+,28+,29-,30+,31-,32+,33+/m0/s1. The van der Waals surface area contributed by atoms with Crippen molar-refractivity contribution in [2.24, 2.45) is 0 Å². The van der Waals surface area contributed by atoms with Crippen molar-refractivity contribution >= 4 is 5.78 Å². The Balaban J connectivity index is 1.34. The van der Waals surface area contributed by atoms with Crippen LogP contribution >= 0.6 is 0 Å². The lowest BCUT2D eigenvalue weighted by Crippen LogP contribution is -2.67. The number of phenolic OH excluding ortho intramolecular Hbond substituents is 2. The summed E-state index contributed by atoms with van der Waals surface area (Å²) in [5, 5.41) is 115. The summed E-state index contributed by atoms with van der Waals surface area (Å²) < 4.78 is 40.8. The molecule has 2 aromatic carbocycles. The topological polar surface area (TPSA) is 304 Å². The molecule has 0 radical (unpaired) electrons. The third-order valence-corrected chi connectivity index (χ3v) is 9.53. The molecule has 16 atom stereocenters. The summed E-state index contributed by atoms with van der Waals surface area (Å²) in [5.74, 6) is -1.31. The number of aliphatic hydroxyl groups is 9. The first-order valence-corrected chi connectivity index (χ1v) is 16.5. The van der Waals surface area contributed by atoms with Gasteiger partial charge in [0.1, 0.15) is 95.7 Å². The lowest BCUT2D eigenvalue weighted by Gasteiger charge is -2.48. The third-order valence-electron chi connectivity index (χ3n) is 9.53. The number of ether oxygens (including phenoxy) is 7. The molecule has 3 fully saturated rings. The summed E-state index contributed by atoms with van der Waals surface area (Å²) in [6.45, 7) is -0.289. The normalized spacial score (nSPS) is 40.8. The maximum atomic E-state index is 13.1. The highest BCUT2D eigenvalue weighted by molar-refractivity contribution is 6.02. The van der Waals surface area contributed by atoms with E-state index >= 15 is 0 Å². The van der Waals surface area contributed by atoms with Crippen LogP contribution in [0.3, 0.4) is 0 Å². The molecule has 0 unspecified atom stereocenters. The van der Waals surface area contributed by atoms with Crippen LogP contribution in [0.2, 0.25) is 0 Å². The van der Waals surface area contributed by atoms with Crippen molar-refractivity contribution in [1.82, 2.24) is 0 Å². The SMILES string of the molecule is C[C@@H]1O[C@@H](O[C@H]2[C@H](Oc3cc(O)c4c(c3)O[C@H](c3ccc(O)cc3)CC4=O)O[C@H](CO)[C@@H](O)[C@@H]2O[C@H]2O[C@H](CO)[C@@H](O)[C@H](O)[C@H]2O)[C@H](O)[C@H](O)[C@H]1O. The van der Waals surface area contributed by atoms with Crippen LogP contribution in [0, 0.1) is 0 Å². The zero-order valence-corrected chi connectivity index (χ0v) is 27.5. The Labute approximate surface area is 295 Å². The van der Waals surface area contributed by atoms with Gasteiger partial charge in [0.2, 0.25) is 6.29 Å². The van der Waals surface area contributed by atoms with E-state index in [0.717, 1.165) is 6.07 Å². The van der Waals surface area contributed by atoms with Gasteiger partial charge in [-0.25, -0.2) is 0 Å². The quantitative estimate of drug-likeness (QED) is 0.120. The summed E-state index contributed by atoms with van der Waals surface area (Å²) in [6.07, 6.45) is -26.5. The molecule has 288 valence electrons. The van der Waals surface area contributed by atoms with E-state index in [1.54, 1.807) is 12.1 Å². The Morgan fingerprint density at radius 1 is 0.692 bits per heavy atom. The average molecular weight is 743 g/mol. The van der Waals surface area contributed by atoms with E-state index < -0.39 is 123 Å². The first-order chi connectivity index (χ1) is 24.7. The molecule has 2 aromatic rings. The van der Waals surface area contributed by atoms with Gasteiger partial charge in [0.05, 0.1) is 25.7 Å². The molecule has 0 bridgehead atoms. The van der Waals surface area contributed by atoms with Crippen LogP contribution in [-0.2, 0) is 23.7 Å². The van der Waals surface area contributed by atoms with Gasteiger partial charge in [0.15, 0.2) is 24.5 Å². The number of fused-ring (bicyclic) bond motifs is 1. The molecule has 4 aliphatic heterocycles. The molecule has 52 heavy (non-hydrogen) atoms. The highest BCUT2D eigenvalue weighted by Gasteiger charge is 2.54. The van der Waals surface area contributed by atoms with Crippen molar-refractivity contribution < 1.29 is 94.1 Å². The molecule has 19 nitrogen and oxygen atoms in total. The largest absolute Gasteiger partial charge is 0.508 e. The third kappa shape index (κ3) is 7.43. The van der Waals surface area contributed by atoms with Gasteiger partial charge in [-0.3, -0.25) is 4.79 Å². The Morgan fingerprint density at radius 3 is 1.92 bits per heavy atom. The van der Waals surface area contributed by atoms with Crippen LogP contribution in [-0.4, -0.2) is 167 Å². The molecule has 0 saturated carbocycles. The minimum Gasteiger partial charge on any atom is -0.508 e. The number of Topliss-reactive ketones (excluding diaryl/α,β-unsaturated/α-hetero) is 1. The Morgan fingerprint density at radius 2 is 1.27 bits per heavy atom. The highest BCUT2D eigenvalue weighted by atomic mass is 16.8. The summed E-state index contributed by atoms with van der Waals surface area (Å²) in [5.41, 5.74) is 0.403. The summed E-state index contributed by atoms with van der Waals surface area (Å²) in [6, 6.07) is 8.26. The number of aliphatic hydroxyl groups excluding tert-OH is 9. The first-order valence-electron chi connectivity index (χ1n) is 16.5. The van der Waals surface area contributed by atoms with Crippen LogP contribution in [0.25, 0.3) is 0 Å². The number of aromatic hydroxyl groups is 2. The zero-order chi connectivity index (χ0) is 37.6. The minimum absolute atomic E-state index is 0.00436. The molecule has 0 aliphatic carbocycles. The average Bonchev–Trinajstić information content (AvgIpc) is 3.11. The van der Waals surface area contributed by atoms with Crippen LogP contribution in [0.1, 0.15) is 35.4 Å². The number of carbonyl (C=O) groups excluding carboxylic acids is 1. The number of hydrogen-bond donors (Lipinski definition) is 11. The number of rotatable bonds is 9. The van der Waals surface area contributed by atoms with E-state index in [1.807, 2.05) is 0 Å². The molecule has 6 rings (SSSR count). The van der Waals surface area contributed by atoms with Crippen molar-refractivity contribution in [3.63, 3.8) is 0 Å². The molecular formula is C33H42O19. The van der Waals surface area contributed by atoms with Crippen molar-refractivity contribution in [1.29, 1.82) is 0 Å². The predicted octanol–water partition coefficient (Wildman–Crippen LogP) is -3.34. The van der Waals surface area contributed by atoms with Gasteiger partial charge in [-0.1, -0.05) is 12.1 Å². The van der Waals surface area contributed by atoms with Gasteiger partial charge in [-0.05, 0) is 24.6 Å². The van der Waals surface area contributed by atoms with Gasteiger partial charge in [-0.2, -0.15) is 0 Å². The van der Waals surface area contributed by atoms with Crippen LogP contribution < -0.4 is 9.47 Å². The van der Waals surface area contributed by atoms with Crippen LogP contribution in [0.4, 0.5) is 0 Å². The van der Waals surface area contributed by atoms with Crippen molar-refractivity contribution in [3.05, 3.63) is 47.5 Å². The molecular weight excluding hydrogens is 700 g/mol. The number of benzene rings is 2. The van der Waals surface area contributed by atoms with Crippen molar-refractivity contribution in [2.75, 3.05) is 13.2 Å². The fourth-order valence-electron chi connectivity index (χ4n) is 6.54. The number of ketones is 1. The van der Waals surface area contributed by atoms with Gasteiger partial charge in [0, 0.05) is 12.1 Å². The van der Waals surface area contributed by atoms with Gasteiger partial charge >= 0.3 is 0 Å². The minimum atomic E-state index is -1.96. The van der Waals surface area contributed by atoms with Crippen LogP contribution in [0.5, 0.6) is 23.0 Å². The molecule has 11 N–H and O–H groups in total. The molecule has 0 spiro atoms. The second-order valence-corrected chi connectivity index (χ2v) is 13.1. The Hall–Kier alpha value is -3.25. The van der Waals surface area contributed by atoms with Crippen molar-refractivity contribution in [2.45, 2.75) is 112 Å². The lowest BCUT2D eigenvalue weighted by atomic mass is 9.95. The molecule has 4 aliphatic rings. The maximum absolute atomic E-state index is 13.1. The van der Waals surface area contributed by atoms with Gasteiger partial charge in [-0.15, -0.1) is 0 Å². The number of phenols is 2.